The monoisotopic (exact) mass is 251 g/mol. The molecule has 0 bridgehead atoms. The molecular formula is C12H21N5O. The highest BCUT2D eigenvalue weighted by Gasteiger charge is 2.10. The molecule has 0 aromatic carbocycles. The Morgan fingerprint density at radius 3 is 2.83 bits per heavy atom. The number of hydrogen-bond acceptors (Lipinski definition) is 4. The molecule has 0 spiro atoms. The van der Waals surface area contributed by atoms with Gasteiger partial charge in [0.15, 0.2) is 0 Å². The molecule has 1 aromatic heterocycles. The van der Waals surface area contributed by atoms with E-state index in [9.17, 15) is 4.79 Å². The Bertz CT molecular complexity index is 384. The summed E-state index contributed by atoms with van der Waals surface area (Å²) in [5.74, 6) is 0.422. The number of nitrogens with one attached hydrogen (secondary N) is 1. The topological polar surface area (TPSA) is 76.2 Å². The van der Waals surface area contributed by atoms with Gasteiger partial charge in [0.25, 0.3) is 0 Å². The smallest absolute Gasteiger partial charge is 0.241 e. The summed E-state index contributed by atoms with van der Waals surface area (Å²) >= 11 is 0. The molecule has 1 saturated heterocycles. The van der Waals surface area contributed by atoms with Crippen LogP contribution in [0.3, 0.4) is 0 Å². The zero-order chi connectivity index (χ0) is 12.8. The molecule has 18 heavy (non-hydrogen) atoms. The van der Waals surface area contributed by atoms with Gasteiger partial charge in [-0.25, -0.2) is 0 Å². The Kier molecular flexibility index (Phi) is 4.58. The van der Waals surface area contributed by atoms with E-state index in [1.807, 2.05) is 0 Å². The number of nitrogens with two attached hydrogens (primary N) is 1. The molecule has 3 N–H and O–H groups in total. The molecule has 6 nitrogen and oxygen atoms in total. The number of hydrogen-bond donors (Lipinski definition) is 2. The molecular weight excluding hydrogens is 230 g/mol. The zero-order valence-electron chi connectivity index (χ0n) is 10.6. The molecule has 6 heteroatoms. The third-order valence-corrected chi connectivity index (χ3v) is 3.17. The average Bonchev–Trinajstić information content (AvgIpc) is 2.76. The summed E-state index contributed by atoms with van der Waals surface area (Å²) in [7, 11) is 0. The molecule has 1 aliphatic heterocycles. The summed E-state index contributed by atoms with van der Waals surface area (Å²) in [6.45, 7) is 4.19. The van der Waals surface area contributed by atoms with Gasteiger partial charge in [-0.1, -0.05) is 6.42 Å². The van der Waals surface area contributed by atoms with E-state index >= 15 is 0 Å². The minimum Gasteiger partial charge on any atom is -0.382 e. The Balaban J connectivity index is 1.62. The van der Waals surface area contributed by atoms with Crippen LogP contribution in [0.4, 0.5) is 5.82 Å². The third-order valence-electron chi connectivity index (χ3n) is 3.17. The maximum atomic E-state index is 11.6. The molecule has 2 heterocycles. The van der Waals surface area contributed by atoms with Crippen molar-refractivity contribution in [1.29, 1.82) is 0 Å². The summed E-state index contributed by atoms with van der Waals surface area (Å²) in [6, 6.07) is 1.68. The van der Waals surface area contributed by atoms with Crippen molar-refractivity contribution in [2.75, 3.05) is 31.9 Å². The molecule has 0 radical (unpaired) electrons. The number of nitrogens with zero attached hydrogens (tertiary/aromatic N) is 3. The van der Waals surface area contributed by atoms with Crippen LogP contribution in [-0.4, -0.2) is 46.8 Å². The highest BCUT2D eigenvalue weighted by molar-refractivity contribution is 5.75. The van der Waals surface area contributed by atoms with E-state index in [1.54, 1.807) is 16.9 Å². The average molecular weight is 251 g/mol. The highest BCUT2D eigenvalue weighted by Crippen LogP contribution is 2.07. The Labute approximate surface area is 107 Å². The lowest BCUT2D eigenvalue weighted by Gasteiger charge is -2.26. The summed E-state index contributed by atoms with van der Waals surface area (Å²) in [5.41, 5.74) is 5.48. The van der Waals surface area contributed by atoms with Crippen molar-refractivity contribution in [2.24, 2.45) is 0 Å². The minimum absolute atomic E-state index is 0.0184. The molecule has 0 saturated carbocycles. The number of carbonyl (C=O) groups excluding carboxylic acids is 1. The Morgan fingerprint density at radius 2 is 2.17 bits per heavy atom. The number of aromatic nitrogens is 2. The van der Waals surface area contributed by atoms with E-state index in [0.29, 0.717) is 12.4 Å². The lowest BCUT2D eigenvalue weighted by molar-refractivity contribution is -0.121. The van der Waals surface area contributed by atoms with Gasteiger partial charge in [-0.05, 0) is 32.0 Å². The number of nitrogen functional groups attached to an aromatic ring is 1. The first kappa shape index (κ1) is 12.9. The third kappa shape index (κ3) is 4.03. The predicted octanol–water partition coefficient (Wildman–Crippen LogP) is 0.0674. The maximum absolute atomic E-state index is 11.6. The first-order valence-electron chi connectivity index (χ1n) is 6.52. The van der Waals surface area contributed by atoms with Gasteiger partial charge < -0.3 is 16.0 Å². The van der Waals surface area contributed by atoms with Crippen molar-refractivity contribution in [3.8, 4) is 0 Å². The second-order valence-corrected chi connectivity index (χ2v) is 4.69. The second kappa shape index (κ2) is 6.39. The predicted molar refractivity (Wildman–Crippen MR) is 69.9 cm³/mol. The molecule has 1 aromatic rings. The largest absolute Gasteiger partial charge is 0.382 e. The van der Waals surface area contributed by atoms with E-state index in [1.165, 1.54) is 19.3 Å². The summed E-state index contributed by atoms with van der Waals surface area (Å²) in [6.07, 6.45) is 5.60. The molecule has 2 rings (SSSR count). The van der Waals surface area contributed by atoms with Crippen molar-refractivity contribution in [3.05, 3.63) is 12.3 Å². The van der Waals surface area contributed by atoms with Crippen LogP contribution in [0.25, 0.3) is 0 Å². The van der Waals surface area contributed by atoms with Gasteiger partial charge in [-0.2, -0.15) is 5.10 Å². The van der Waals surface area contributed by atoms with Crippen LogP contribution in [-0.2, 0) is 11.3 Å². The quantitative estimate of drug-likeness (QED) is 0.776. The van der Waals surface area contributed by atoms with E-state index in [-0.39, 0.29) is 12.5 Å². The van der Waals surface area contributed by atoms with Gasteiger partial charge in [0, 0.05) is 19.3 Å². The van der Waals surface area contributed by atoms with Crippen LogP contribution < -0.4 is 11.1 Å². The van der Waals surface area contributed by atoms with Gasteiger partial charge in [0.1, 0.15) is 12.4 Å². The van der Waals surface area contributed by atoms with E-state index in [0.717, 1.165) is 19.6 Å². The lowest BCUT2D eigenvalue weighted by Crippen LogP contribution is -2.38. The fraction of sp³-hybridized carbons (Fsp3) is 0.667. The van der Waals surface area contributed by atoms with E-state index in [4.69, 9.17) is 5.73 Å². The van der Waals surface area contributed by atoms with E-state index < -0.39 is 0 Å². The molecule has 1 aliphatic rings. The van der Waals surface area contributed by atoms with Crippen molar-refractivity contribution in [1.82, 2.24) is 20.0 Å². The number of amides is 1. The maximum Gasteiger partial charge on any atom is 0.241 e. The summed E-state index contributed by atoms with van der Waals surface area (Å²) < 4.78 is 1.55. The van der Waals surface area contributed by atoms with Crippen molar-refractivity contribution >= 4 is 11.7 Å². The normalized spacial score (nSPS) is 16.7. The van der Waals surface area contributed by atoms with Crippen LogP contribution >= 0.6 is 0 Å². The van der Waals surface area contributed by atoms with Crippen LogP contribution in [0.2, 0.25) is 0 Å². The van der Waals surface area contributed by atoms with Gasteiger partial charge in [0.2, 0.25) is 5.91 Å². The SMILES string of the molecule is Nc1ccn(CC(=O)NCCN2CCCCC2)n1. The molecule has 100 valence electrons. The van der Waals surface area contributed by atoms with Gasteiger partial charge in [0.05, 0.1) is 0 Å². The van der Waals surface area contributed by atoms with Crippen LogP contribution in [0, 0.1) is 0 Å². The van der Waals surface area contributed by atoms with Gasteiger partial charge in [-0.3, -0.25) is 9.48 Å². The number of likely N-dealkylation sites (tertiary alicyclic amines) is 1. The van der Waals surface area contributed by atoms with E-state index in [2.05, 4.69) is 15.3 Å². The van der Waals surface area contributed by atoms with Gasteiger partial charge >= 0.3 is 0 Å². The van der Waals surface area contributed by atoms with Crippen molar-refractivity contribution < 1.29 is 4.79 Å². The lowest BCUT2D eigenvalue weighted by atomic mass is 10.1. The Hall–Kier alpha value is -1.56. The number of anilines is 1. The van der Waals surface area contributed by atoms with Crippen molar-refractivity contribution in [3.63, 3.8) is 0 Å². The molecule has 0 unspecified atom stereocenters. The zero-order valence-corrected chi connectivity index (χ0v) is 10.6. The summed E-state index contributed by atoms with van der Waals surface area (Å²) in [5, 5.41) is 6.88. The summed E-state index contributed by atoms with van der Waals surface area (Å²) in [4.78, 5) is 14.0. The van der Waals surface area contributed by atoms with Crippen LogP contribution in [0.5, 0.6) is 0 Å². The van der Waals surface area contributed by atoms with Crippen LogP contribution in [0.15, 0.2) is 12.3 Å². The first-order chi connectivity index (χ1) is 8.74. The minimum atomic E-state index is -0.0184. The number of rotatable bonds is 5. The van der Waals surface area contributed by atoms with Gasteiger partial charge in [-0.15, -0.1) is 0 Å². The standard InChI is InChI=1S/C12H21N5O/c13-11-4-8-17(15-11)10-12(18)14-5-9-16-6-2-1-3-7-16/h4,8H,1-3,5-7,9-10H2,(H2,13,15)(H,14,18). The fourth-order valence-corrected chi connectivity index (χ4v) is 2.20. The molecule has 0 aliphatic carbocycles. The van der Waals surface area contributed by atoms with Crippen molar-refractivity contribution in [2.45, 2.75) is 25.8 Å². The molecule has 0 atom stereocenters. The second-order valence-electron chi connectivity index (χ2n) is 4.69. The molecule has 1 amide bonds. The number of carbonyl (C=O) groups is 1. The molecule has 1 fully saturated rings. The highest BCUT2D eigenvalue weighted by atomic mass is 16.2. The first-order valence-corrected chi connectivity index (χ1v) is 6.52. The van der Waals surface area contributed by atoms with Crippen LogP contribution in [0.1, 0.15) is 19.3 Å². The fourth-order valence-electron chi connectivity index (χ4n) is 2.20. The number of piperidine rings is 1. The Morgan fingerprint density at radius 1 is 1.39 bits per heavy atom.